The summed E-state index contributed by atoms with van der Waals surface area (Å²) in [5, 5.41) is 18.9. The van der Waals surface area contributed by atoms with Crippen molar-refractivity contribution in [3.05, 3.63) is 46.2 Å². The fourth-order valence-electron chi connectivity index (χ4n) is 1.53. The summed E-state index contributed by atoms with van der Waals surface area (Å²) in [4.78, 5) is 18.4. The Morgan fingerprint density at radius 1 is 1.50 bits per heavy atom. The standard InChI is InChI=1S/C12H8ClN3O2/c13-5-10(17)8(6-14)11-15-9-4-2-1-3-7(9)12(18)16-11/h1-4,17H,5H2,(H,15,16,18)/b10-8-. The zero-order valence-electron chi connectivity index (χ0n) is 9.14. The zero-order chi connectivity index (χ0) is 13.1. The minimum absolute atomic E-state index is 0.0133. The van der Waals surface area contributed by atoms with E-state index in [-0.39, 0.29) is 28.6 Å². The summed E-state index contributed by atoms with van der Waals surface area (Å²) < 4.78 is 0. The highest BCUT2D eigenvalue weighted by Gasteiger charge is 2.12. The van der Waals surface area contributed by atoms with Gasteiger partial charge in [0.25, 0.3) is 5.56 Å². The number of aromatic amines is 1. The Balaban J connectivity index is 2.75. The van der Waals surface area contributed by atoms with E-state index in [0.717, 1.165) is 0 Å². The molecule has 2 aromatic rings. The number of nitriles is 1. The summed E-state index contributed by atoms with van der Waals surface area (Å²) in [6, 6.07) is 8.50. The number of aliphatic hydroxyl groups is 1. The molecule has 1 aromatic heterocycles. The van der Waals surface area contributed by atoms with Crippen LogP contribution in [0.25, 0.3) is 16.5 Å². The highest BCUT2D eigenvalue weighted by Crippen LogP contribution is 2.15. The second-order valence-corrected chi connectivity index (χ2v) is 3.77. The number of aromatic nitrogens is 2. The lowest BCUT2D eigenvalue weighted by atomic mass is 10.2. The Kier molecular flexibility index (Phi) is 3.31. The fraction of sp³-hybridized carbons (Fsp3) is 0.0833. The van der Waals surface area contributed by atoms with Gasteiger partial charge in [-0.25, -0.2) is 4.98 Å². The van der Waals surface area contributed by atoms with Crippen molar-refractivity contribution in [3.63, 3.8) is 0 Å². The first-order chi connectivity index (χ1) is 8.67. The molecule has 18 heavy (non-hydrogen) atoms. The van der Waals surface area contributed by atoms with Crippen LogP contribution in [0.1, 0.15) is 5.82 Å². The van der Waals surface area contributed by atoms with Gasteiger partial charge in [-0.3, -0.25) is 4.79 Å². The molecule has 90 valence electrons. The van der Waals surface area contributed by atoms with Crippen LogP contribution < -0.4 is 5.56 Å². The van der Waals surface area contributed by atoms with Gasteiger partial charge >= 0.3 is 0 Å². The molecule has 0 fully saturated rings. The van der Waals surface area contributed by atoms with E-state index in [2.05, 4.69) is 9.97 Å². The number of nitrogens with one attached hydrogen (secondary N) is 1. The average Bonchev–Trinajstić information content (AvgIpc) is 2.39. The van der Waals surface area contributed by atoms with E-state index in [4.69, 9.17) is 16.9 Å². The number of fused-ring (bicyclic) bond motifs is 1. The summed E-state index contributed by atoms with van der Waals surface area (Å²) in [7, 11) is 0. The van der Waals surface area contributed by atoms with Crippen molar-refractivity contribution in [1.82, 2.24) is 9.97 Å². The normalized spacial score (nSPS) is 12.0. The molecule has 0 aliphatic carbocycles. The third-order valence-electron chi connectivity index (χ3n) is 2.38. The molecule has 1 heterocycles. The quantitative estimate of drug-likeness (QED) is 0.491. The van der Waals surface area contributed by atoms with E-state index < -0.39 is 0 Å². The van der Waals surface area contributed by atoms with Crippen LogP contribution in [0.15, 0.2) is 34.8 Å². The molecule has 0 saturated carbocycles. The highest BCUT2D eigenvalue weighted by molar-refractivity contribution is 6.19. The van der Waals surface area contributed by atoms with E-state index >= 15 is 0 Å². The number of benzene rings is 1. The van der Waals surface area contributed by atoms with Crippen molar-refractivity contribution in [2.24, 2.45) is 0 Å². The molecule has 2 rings (SSSR count). The topological polar surface area (TPSA) is 89.8 Å². The largest absolute Gasteiger partial charge is 0.510 e. The van der Waals surface area contributed by atoms with Gasteiger partial charge in [0.15, 0.2) is 5.82 Å². The Morgan fingerprint density at radius 2 is 2.22 bits per heavy atom. The van der Waals surface area contributed by atoms with Gasteiger partial charge in [0.1, 0.15) is 17.4 Å². The minimum Gasteiger partial charge on any atom is -0.510 e. The van der Waals surface area contributed by atoms with Crippen LogP contribution in [0, 0.1) is 11.3 Å². The van der Waals surface area contributed by atoms with Gasteiger partial charge in [-0.15, -0.1) is 11.6 Å². The highest BCUT2D eigenvalue weighted by atomic mass is 35.5. The Morgan fingerprint density at radius 3 is 2.89 bits per heavy atom. The fourth-order valence-corrected chi connectivity index (χ4v) is 1.66. The van der Waals surface area contributed by atoms with Gasteiger partial charge in [0.2, 0.25) is 0 Å². The molecule has 0 radical (unpaired) electrons. The van der Waals surface area contributed by atoms with E-state index in [1.54, 1.807) is 30.3 Å². The molecule has 0 aliphatic heterocycles. The number of allylic oxidation sites excluding steroid dienone is 2. The van der Waals surface area contributed by atoms with Gasteiger partial charge in [0.05, 0.1) is 16.8 Å². The molecule has 0 saturated heterocycles. The average molecular weight is 262 g/mol. The van der Waals surface area contributed by atoms with E-state index in [1.165, 1.54) is 0 Å². The number of rotatable bonds is 2. The molecule has 0 amide bonds. The monoisotopic (exact) mass is 261 g/mol. The van der Waals surface area contributed by atoms with Crippen LogP contribution in [-0.4, -0.2) is 21.0 Å². The van der Waals surface area contributed by atoms with Crippen molar-refractivity contribution >= 4 is 28.1 Å². The second kappa shape index (κ2) is 4.90. The molecule has 0 spiro atoms. The van der Waals surface area contributed by atoms with Crippen LogP contribution >= 0.6 is 11.6 Å². The Labute approximate surface area is 107 Å². The lowest BCUT2D eigenvalue weighted by Crippen LogP contribution is -2.12. The van der Waals surface area contributed by atoms with Crippen molar-refractivity contribution in [3.8, 4) is 6.07 Å². The van der Waals surface area contributed by atoms with Gasteiger partial charge in [-0.05, 0) is 12.1 Å². The Bertz CT molecular complexity index is 728. The van der Waals surface area contributed by atoms with Crippen LogP contribution in [0.3, 0.4) is 0 Å². The smallest absolute Gasteiger partial charge is 0.259 e. The number of para-hydroxylation sites is 1. The first kappa shape index (κ1) is 12.1. The first-order valence-corrected chi connectivity index (χ1v) is 5.58. The Hall–Kier alpha value is -2.32. The summed E-state index contributed by atoms with van der Waals surface area (Å²) in [6.07, 6.45) is 0. The zero-order valence-corrected chi connectivity index (χ0v) is 9.90. The van der Waals surface area contributed by atoms with Crippen LogP contribution in [0.4, 0.5) is 0 Å². The minimum atomic E-state index is -0.370. The van der Waals surface area contributed by atoms with Crippen molar-refractivity contribution in [2.75, 3.05) is 5.88 Å². The molecule has 0 unspecified atom stereocenters. The van der Waals surface area contributed by atoms with Crippen molar-refractivity contribution in [1.29, 1.82) is 5.26 Å². The molecule has 0 bridgehead atoms. The number of halogens is 1. The van der Waals surface area contributed by atoms with Crippen LogP contribution in [0.5, 0.6) is 0 Å². The molecular weight excluding hydrogens is 254 g/mol. The van der Waals surface area contributed by atoms with Crippen molar-refractivity contribution in [2.45, 2.75) is 0 Å². The van der Waals surface area contributed by atoms with E-state index in [1.807, 2.05) is 0 Å². The number of hydrogen-bond donors (Lipinski definition) is 2. The third-order valence-corrected chi connectivity index (χ3v) is 2.63. The molecule has 2 N–H and O–H groups in total. The molecular formula is C12H8ClN3O2. The number of hydrogen-bond acceptors (Lipinski definition) is 4. The number of H-pyrrole nitrogens is 1. The van der Waals surface area contributed by atoms with Gasteiger partial charge in [-0.2, -0.15) is 5.26 Å². The summed E-state index contributed by atoms with van der Waals surface area (Å²) >= 11 is 5.45. The van der Waals surface area contributed by atoms with Crippen LogP contribution in [-0.2, 0) is 0 Å². The van der Waals surface area contributed by atoms with Gasteiger partial charge < -0.3 is 10.1 Å². The number of alkyl halides is 1. The molecule has 6 heteroatoms. The maximum absolute atomic E-state index is 11.8. The molecule has 0 atom stereocenters. The molecule has 1 aromatic carbocycles. The van der Waals surface area contributed by atoms with Crippen molar-refractivity contribution < 1.29 is 5.11 Å². The third kappa shape index (κ3) is 2.06. The number of nitrogens with zero attached hydrogens (tertiary/aromatic N) is 2. The van der Waals surface area contributed by atoms with E-state index in [0.29, 0.717) is 10.9 Å². The maximum atomic E-state index is 11.8. The molecule has 5 nitrogen and oxygen atoms in total. The maximum Gasteiger partial charge on any atom is 0.259 e. The predicted molar refractivity (Wildman–Crippen MR) is 68.2 cm³/mol. The lowest BCUT2D eigenvalue weighted by molar-refractivity contribution is 0.419. The summed E-state index contributed by atoms with van der Waals surface area (Å²) in [5.41, 5.74) is -0.0510. The van der Waals surface area contributed by atoms with Gasteiger partial charge in [0, 0.05) is 0 Å². The lowest BCUT2D eigenvalue weighted by Gasteiger charge is -2.02. The molecule has 0 aliphatic rings. The summed E-state index contributed by atoms with van der Waals surface area (Å²) in [5.74, 6) is -0.531. The van der Waals surface area contributed by atoms with Crippen LogP contribution in [0.2, 0.25) is 0 Å². The predicted octanol–water partition coefficient (Wildman–Crippen LogP) is 1.95. The van der Waals surface area contributed by atoms with E-state index in [9.17, 15) is 9.90 Å². The van der Waals surface area contributed by atoms with Gasteiger partial charge in [-0.1, -0.05) is 12.1 Å². The number of aliphatic hydroxyl groups excluding tert-OH is 1. The SMILES string of the molecule is N#C/C(=C(/O)CCl)c1nc2ccccc2c(=O)[nH]1. The first-order valence-electron chi connectivity index (χ1n) is 5.05. The summed E-state index contributed by atoms with van der Waals surface area (Å²) in [6.45, 7) is 0. The second-order valence-electron chi connectivity index (χ2n) is 3.50.